The molecule has 0 heterocycles. The SMILES string of the molecule is CCCNc1ccccc1C(=O)Nc1ccc(Cl)cc1F. The van der Waals surface area contributed by atoms with Gasteiger partial charge in [-0.3, -0.25) is 4.79 Å². The summed E-state index contributed by atoms with van der Waals surface area (Å²) in [5.74, 6) is -0.926. The summed E-state index contributed by atoms with van der Waals surface area (Å²) in [5, 5.41) is 6.02. The van der Waals surface area contributed by atoms with E-state index >= 15 is 0 Å². The van der Waals surface area contributed by atoms with Crippen LogP contribution < -0.4 is 10.6 Å². The summed E-state index contributed by atoms with van der Waals surface area (Å²) < 4.78 is 13.7. The van der Waals surface area contributed by atoms with Crippen LogP contribution in [0.2, 0.25) is 5.02 Å². The predicted octanol–water partition coefficient (Wildman–Crippen LogP) is 4.55. The highest BCUT2D eigenvalue weighted by atomic mass is 35.5. The molecule has 0 atom stereocenters. The Morgan fingerprint density at radius 3 is 2.67 bits per heavy atom. The second kappa shape index (κ2) is 7.09. The van der Waals surface area contributed by atoms with Gasteiger partial charge >= 0.3 is 0 Å². The van der Waals surface area contributed by atoms with Gasteiger partial charge in [-0.2, -0.15) is 0 Å². The van der Waals surface area contributed by atoms with Gasteiger partial charge in [0.05, 0.1) is 11.3 Å². The van der Waals surface area contributed by atoms with E-state index in [-0.39, 0.29) is 16.6 Å². The van der Waals surface area contributed by atoms with E-state index in [1.165, 1.54) is 18.2 Å². The molecule has 0 saturated carbocycles. The van der Waals surface area contributed by atoms with E-state index in [4.69, 9.17) is 11.6 Å². The summed E-state index contributed by atoms with van der Waals surface area (Å²) in [7, 11) is 0. The molecule has 2 N–H and O–H groups in total. The molecule has 21 heavy (non-hydrogen) atoms. The van der Waals surface area contributed by atoms with Gasteiger partial charge in [-0.05, 0) is 36.8 Å². The van der Waals surface area contributed by atoms with Crippen LogP contribution in [0, 0.1) is 5.82 Å². The Balaban J connectivity index is 2.20. The van der Waals surface area contributed by atoms with Crippen molar-refractivity contribution in [3.63, 3.8) is 0 Å². The fraction of sp³-hybridized carbons (Fsp3) is 0.188. The number of carbonyl (C=O) groups excluding carboxylic acids is 1. The first-order valence-electron chi connectivity index (χ1n) is 6.71. The van der Waals surface area contributed by atoms with Gasteiger partial charge < -0.3 is 10.6 Å². The highest BCUT2D eigenvalue weighted by molar-refractivity contribution is 6.30. The van der Waals surface area contributed by atoms with Crippen molar-refractivity contribution in [2.24, 2.45) is 0 Å². The standard InChI is InChI=1S/C16H16ClFN2O/c1-2-9-19-14-6-4-3-5-12(14)16(21)20-15-8-7-11(17)10-13(15)18/h3-8,10,19H,2,9H2,1H3,(H,20,21). The number of amides is 1. The maximum absolute atomic E-state index is 13.7. The van der Waals surface area contributed by atoms with Gasteiger partial charge in [0.15, 0.2) is 0 Å². The molecule has 0 aliphatic rings. The molecule has 2 rings (SSSR count). The van der Waals surface area contributed by atoms with E-state index < -0.39 is 5.82 Å². The molecule has 0 spiro atoms. The normalized spacial score (nSPS) is 10.2. The lowest BCUT2D eigenvalue weighted by Crippen LogP contribution is -2.15. The van der Waals surface area contributed by atoms with Crippen molar-refractivity contribution in [2.75, 3.05) is 17.2 Å². The maximum atomic E-state index is 13.7. The molecular formula is C16H16ClFN2O. The van der Waals surface area contributed by atoms with Crippen molar-refractivity contribution < 1.29 is 9.18 Å². The van der Waals surface area contributed by atoms with Crippen molar-refractivity contribution in [3.8, 4) is 0 Å². The van der Waals surface area contributed by atoms with Crippen LogP contribution in [0.4, 0.5) is 15.8 Å². The molecule has 0 bridgehead atoms. The zero-order valence-electron chi connectivity index (χ0n) is 11.6. The van der Waals surface area contributed by atoms with Gasteiger partial charge in [-0.1, -0.05) is 30.7 Å². The summed E-state index contributed by atoms with van der Waals surface area (Å²) in [4.78, 5) is 12.3. The van der Waals surface area contributed by atoms with Gasteiger partial charge in [0.1, 0.15) is 5.82 Å². The van der Waals surface area contributed by atoms with Crippen LogP contribution in [0.5, 0.6) is 0 Å². The topological polar surface area (TPSA) is 41.1 Å². The molecule has 0 radical (unpaired) electrons. The minimum Gasteiger partial charge on any atom is -0.384 e. The average molecular weight is 307 g/mol. The van der Waals surface area contributed by atoms with E-state index in [0.717, 1.165) is 18.7 Å². The summed E-state index contributed by atoms with van der Waals surface area (Å²) in [6, 6.07) is 11.3. The molecule has 2 aromatic carbocycles. The number of rotatable bonds is 5. The molecule has 0 fully saturated rings. The first-order valence-corrected chi connectivity index (χ1v) is 7.09. The van der Waals surface area contributed by atoms with Gasteiger partial charge in [0.25, 0.3) is 5.91 Å². The minimum absolute atomic E-state index is 0.106. The van der Waals surface area contributed by atoms with Crippen molar-refractivity contribution in [1.82, 2.24) is 0 Å². The molecule has 0 aliphatic heterocycles. The Morgan fingerprint density at radius 1 is 1.19 bits per heavy atom. The third kappa shape index (κ3) is 3.95. The number of para-hydroxylation sites is 1. The summed E-state index contributed by atoms with van der Waals surface area (Å²) in [6.07, 6.45) is 0.946. The second-order valence-corrected chi connectivity index (χ2v) is 4.99. The van der Waals surface area contributed by atoms with Crippen LogP contribution in [0.25, 0.3) is 0 Å². The number of hydrogen-bond acceptors (Lipinski definition) is 2. The van der Waals surface area contributed by atoms with Crippen molar-refractivity contribution >= 4 is 28.9 Å². The van der Waals surface area contributed by atoms with Crippen LogP contribution >= 0.6 is 11.6 Å². The average Bonchev–Trinajstić information content (AvgIpc) is 2.48. The first kappa shape index (κ1) is 15.3. The Hall–Kier alpha value is -2.07. The Bertz CT molecular complexity index is 646. The van der Waals surface area contributed by atoms with Gasteiger partial charge in [-0.25, -0.2) is 4.39 Å². The molecule has 0 saturated heterocycles. The molecule has 1 amide bonds. The second-order valence-electron chi connectivity index (χ2n) is 4.55. The number of carbonyl (C=O) groups is 1. The maximum Gasteiger partial charge on any atom is 0.257 e. The quantitative estimate of drug-likeness (QED) is 0.850. The van der Waals surface area contributed by atoms with E-state index in [9.17, 15) is 9.18 Å². The smallest absolute Gasteiger partial charge is 0.257 e. The largest absolute Gasteiger partial charge is 0.384 e. The zero-order valence-corrected chi connectivity index (χ0v) is 12.4. The number of halogens is 2. The lowest BCUT2D eigenvalue weighted by molar-refractivity contribution is 0.102. The van der Waals surface area contributed by atoms with E-state index in [1.807, 2.05) is 19.1 Å². The van der Waals surface area contributed by atoms with E-state index in [2.05, 4.69) is 10.6 Å². The fourth-order valence-corrected chi connectivity index (χ4v) is 2.03. The van der Waals surface area contributed by atoms with Crippen molar-refractivity contribution in [3.05, 3.63) is 58.9 Å². The molecule has 0 aliphatic carbocycles. The zero-order chi connectivity index (χ0) is 15.2. The van der Waals surface area contributed by atoms with E-state index in [0.29, 0.717) is 5.56 Å². The van der Waals surface area contributed by atoms with E-state index in [1.54, 1.807) is 12.1 Å². The van der Waals surface area contributed by atoms with Crippen LogP contribution in [-0.4, -0.2) is 12.5 Å². The molecule has 110 valence electrons. The highest BCUT2D eigenvalue weighted by Gasteiger charge is 2.13. The molecule has 5 heteroatoms. The molecule has 0 unspecified atom stereocenters. The lowest BCUT2D eigenvalue weighted by atomic mass is 10.1. The summed E-state index contributed by atoms with van der Waals surface area (Å²) >= 11 is 5.69. The van der Waals surface area contributed by atoms with Crippen LogP contribution in [0.15, 0.2) is 42.5 Å². The third-order valence-corrected chi connectivity index (χ3v) is 3.15. The molecule has 2 aromatic rings. The third-order valence-electron chi connectivity index (χ3n) is 2.92. The lowest BCUT2D eigenvalue weighted by Gasteiger charge is -2.12. The fourth-order valence-electron chi connectivity index (χ4n) is 1.88. The van der Waals surface area contributed by atoms with Crippen LogP contribution in [0.1, 0.15) is 23.7 Å². The van der Waals surface area contributed by atoms with Crippen LogP contribution in [-0.2, 0) is 0 Å². The monoisotopic (exact) mass is 306 g/mol. The van der Waals surface area contributed by atoms with Gasteiger partial charge in [0.2, 0.25) is 0 Å². The van der Waals surface area contributed by atoms with Crippen LogP contribution in [0.3, 0.4) is 0 Å². The summed E-state index contributed by atoms with van der Waals surface area (Å²) in [6.45, 7) is 2.80. The number of nitrogens with one attached hydrogen (secondary N) is 2. The van der Waals surface area contributed by atoms with Gasteiger partial charge in [-0.15, -0.1) is 0 Å². The Labute approximate surface area is 128 Å². The Morgan fingerprint density at radius 2 is 1.95 bits per heavy atom. The minimum atomic E-state index is -0.560. The molecular weight excluding hydrogens is 291 g/mol. The molecule has 0 aromatic heterocycles. The number of hydrogen-bond donors (Lipinski definition) is 2. The first-order chi connectivity index (χ1) is 10.1. The number of anilines is 2. The Kier molecular flexibility index (Phi) is 5.17. The number of benzene rings is 2. The summed E-state index contributed by atoms with van der Waals surface area (Å²) in [5.41, 5.74) is 1.31. The van der Waals surface area contributed by atoms with Crippen molar-refractivity contribution in [1.29, 1.82) is 0 Å². The predicted molar refractivity (Wildman–Crippen MR) is 84.6 cm³/mol. The van der Waals surface area contributed by atoms with Gasteiger partial charge in [0, 0.05) is 17.3 Å². The molecule has 3 nitrogen and oxygen atoms in total. The van der Waals surface area contributed by atoms with Crippen molar-refractivity contribution in [2.45, 2.75) is 13.3 Å². The highest BCUT2D eigenvalue weighted by Crippen LogP contribution is 2.21.